The van der Waals surface area contributed by atoms with E-state index >= 15 is 0 Å². The fourth-order valence-corrected chi connectivity index (χ4v) is 2.31. The number of carbonyl (C=O) groups is 2. The van der Waals surface area contributed by atoms with Crippen molar-refractivity contribution in [1.82, 2.24) is 19.8 Å². The summed E-state index contributed by atoms with van der Waals surface area (Å²) >= 11 is 0. The van der Waals surface area contributed by atoms with Gasteiger partial charge in [-0.05, 0) is 33.0 Å². The van der Waals surface area contributed by atoms with E-state index in [-0.39, 0.29) is 5.91 Å². The first-order chi connectivity index (χ1) is 11.5. The SMILES string of the molecule is Cc1ncnc2c1CCN(C(=O)CN(C)C)CC2.O=C(O)C(F)(F)F. The predicted octanol–water partition coefficient (Wildman–Crippen LogP) is 0.907. The highest BCUT2D eigenvalue weighted by atomic mass is 19.4. The Hall–Kier alpha value is -2.23. The van der Waals surface area contributed by atoms with Crippen LogP contribution in [0.2, 0.25) is 0 Å². The van der Waals surface area contributed by atoms with Gasteiger partial charge in [0.05, 0.1) is 6.54 Å². The molecule has 1 aromatic heterocycles. The number of hydrogen-bond acceptors (Lipinski definition) is 5. The molecule has 1 aliphatic heterocycles. The summed E-state index contributed by atoms with van der Waals surface area (Å²) in [6.07, 6.45) is -1.77. The Morgan fingerprint density at radius 3 is 2.32 bits per heavy atom. The fourth-order valence-electron chi connectivity index (χ4n) is 2.31. The molecule has 25 heavy (non-hydrogen) atoms. The Bertz CT molecular complexity index is 621. The second-order valence-electron chi connectivity index (χ2n) is 5.81. The van der Waals surface area contributed by atoms with Crippen molar-refractivity contribution >= 4 is 11.9 Å². The average Bonchev–Trinajstić information content (AvgIpc) is 2.70. The van der Waals surface area contributed by atoms with Crippen molar-refractivity contribution in [2.45, 2.75) is 25.9 Å². The highest BCUT2D eigenvalue weighted by Crippen LogP contribution is 2.16. The first kappa shape index (κ1) is 20.8. The molecule has 2 heterocycles. The molecule has 0 saturated carbocycles. The van der Waals surface area contributed by atoms with E-state index in [0.29, 0.717) is 6.54 Å². The smallest absolute Gasteiger partial charge is 0.475 e. The quantitative estimate of drug-likeness (QED) is 0.842. The van der Waals surface area contributed by atoms with Crippen molar-refractivity contribution in [2.75, 3.05) is 33.7 Å². The van der Waals surface area contributed by atoms with Crippen LogP contribution in [0.25, 0.3) is 0 Å². The van der Waals surface area contributed by atoms with Crippen LogP contribution in [0, 0.1) is 6.92 Å². The molecule has 0 aromatic carbocycles. The number of aliphatic carboxylic acids is 1. The number of aryl methyl sites for hydroxylation is 1. The molecule has 1 aromatic rings. The number of carbonyl (C=O) groups excluding carboxylic acids is 1. The lowest BCUT2D eigenvalue weighted by Crippen LogP contribution is -2.39. The molecular weight excluding hydrogens is 341 g/mol. The molecule has 10 heteroatoms. The number of likely N-dealkylation sites (N-methyl/N-ethyl adjacent to an activating group) is 1. The summed E-state index contributed by atoms with van der Waals surface area (Å²) < 4.78 is 31.7. The van der Waals surface area contributed by atoms with Gasteiger partial charge in [-0.1, -0.05) is 0 Å². The number of fused-ring (bicyclic) bond motifs is 1. The van der Waals surface area contributed by atoms with Crippen LogP contribution >= 0.6 is 0 Å². The zero-order chi connectivity index (χ0) is 19.2. The third-order valence-electron chi connectivity index (χ3n) is 3.55. The van der Waals surface area contributed by atoms with Crippen LogP contribution in [-0.2, 0) is 22.4 Å². The zero-order valence-corrected chi connectivity index (χ0v) is 14.3. The highest BCUT2D eigenvalue weighted by molar-refractivity contribution is 5.78. The van der Waals surface area contributed by atoms with Crippen LogP contribution < -0.4 is 0 Å². The Balaban J connectivity index is 0.000000381. The maximum Gasteiger partial charge on any atom is 0.490 e. The first-order valence-electron chi connectivity index (χ1n) is 7.54. The summed E-state index contributed by atoms with van der Waals surface area (Å²) in [5, 5.41) is 7.12. The Morgan fingerprint density at radius 1 is 1.24 bits per heavy atom. The summed E-state index contributed by atoms with van der Waals surface area (Å²) in [5.41, 5.74) is 3.36. The van der Waals surface area contributed by atoms with Crippen molar-refractivity contribution in [1.29, 1.82) is 0 Å². The molecule has 0 aliphatic carbocycles. The van der Waals surface area contributed by atoms with Gasteiger partial charge in [0.2, 0.25) is 5.91 Å². The van der Waals surface area contributed by atoms with Crippen LogP contribution in [0.4, 0.5) is 13.2 Å². The number of hydrogen-bond donors (Lipinski definition) is 1. The maximum atomic E-state index is 12.0. The molecule has 7 nitrogen and oxygen atoms in total. The summed E-state index contributed by atoms with van der Waals surface area (Å²) in [6.45, 7) is 4.02. The van der Waals surface area contributed by atoms with E-state index in [4.69, 9.17) is 9.90 Å². The van der Waals surface area contributed by atoms with Crippen molar-refractivity contribution in [3.8, 4) is 0 Å². The van der Waals surface area contributed by atoms with Crippen molar-refractivity contribution in [3.63, 3.8) is 0 Å². The fraction of sp³-hybridized carbons (Fsp3) is 0.600. The number of rotatable bonds is 2. The summed E-state index contributed by atoms with van der Waals surface area (Å²) in [6, 6.07) is 0. The molecule has 0 fully saturated rings. The van der Waals surface area contributed by atoms with Crippen LogP contribution in [0.3, 0.4) is 0 Å². The Kier molecular flexibility index (Phi) is 7.28. The molecule has 2 rings (SSSR count). The highest BCUT2D eigenvalue weighted by Gasteiger charge is 2.38. The Labute approximate surface area is 143 Å². The van der Waals surface area contributed by atoms with Crippen molar-refractivity contribution < 1.29 is 27.9 Å². The summed E-state index contributed by atoms with van der Waals surface area (Å²) in [5.74, 6) is -2.56. The van der Waals surface area contributed by atoms with Gasteiger partial charge in [-0.2, -0.15) is 13.2 Å². The van der Waals surface area contributed by atoms with E-state index < -0.39 is 12.1 Å². The minimum atomic E-state index is -5.08. The van der Waals surface area contributed by atoms with E-state index in [1.54, 1.807) is 6.33 Å². The van der Waals surface area contributed by atoms with E-state index in [1.165, 1.54) is 5.56 Å². The molecule has 0 radical (unpaired) electrons. The van der Waals surface area contributed by atoms with Crippen LogP contribution in [0.5, 0.6) is 0 Å². The molecule has 0 spiro atoms. The number of nitrogens with zero attached hydrogens (tertiary/aromatic N) is 4. The number of carboxylic acid groups (broad SMARTS) is 1. The van der Waals surface area contributed by atoms with E-state index in [9.17, 15) is 18.0 Å². The second kappa shape index (κ2) is 8.75. The van der Waals surface area contributed by atoms with Crippen molar-refractivity contribution in [2.24, 2.45) is 0 Å². The van der Waals surface area contributed by atoms with Gasteiger partial charge in [0.25, 0.3) is 0 Å². The molecule has 1 N–H and O–H groups in total. The largest absolute Gasteiger partial charge is 0.490 e. The minimum absolute atomic E-state index is 0.193. The molecule has 0 unspecified atom stereocenters. The van der Waals surface area contributed by atoms with E-state index in [0.717, 1.165) is 37.3 Å². The summed E-state index contributed by atoms with van der Waals surface area (Å²) in [4.78, 5) is 33.3. The van der Waals surface area contributed by atoms with Gasteiger partial charge in [0.15, 0.2) is 0 Å². The van der Waals surface area contributed by atoms with Gasteiger partial charge < -0.3 is 14.9 Å². The van der Waals surface area contributed by atoms with E-state index in [1.807, 2.05) is 30.8 Å². The van der Waals surface area contributed by atoms with Crippen LogP contribution in [0.15, 0.2) is 6.33 Å². The number of carboxylic acids is 1. The zero-order valence-electron chi connectivity index (χ0n) is 14.3. The normalized spacial score (nSPS) is 14.3. The molecule has 0 bridgehead atoms. The standard InChI is InChI=1S/C13H20N4O.C2HF3O2/c1-10-11-4-6-17(13(18)8-16(2)3)7-5-12(11)15-9-14-10;3-2(4,5)1(6)7/h9H,4-8H2,1-3H3;(H,6,7). The van der Waals surface area contributed by atoms with Crippen LogP contribution in [-0.4, -0.2) is 76.7 Å². The first-order valence-corrected chi connectivity index (χ1v) is 7.54. The summed E-state index contributed by atoms with van der Waals surface area (Å²) in [7, 11) is 3.83. The monoisotopic (exact) mass is 362 g/mol. The molecular formula is C15H21F3N4O3. The number of aromatic nitrogens is 2. The number of amides is 1. The molecule has 140 valence electrons. The van der Waals surface area contributed by atoms with Crippen LogP contribution in [0.1, 0.15) is 17.0 Å². The maximum absolute atomic E-state index is 12.0. The average molecular weight is 362 g/mol. The van der Waals surface area contributed by atoms with Gasteiger partial charge in [-0.25, -0.2) is 14.8 Å². The number of halogens is 3. The minimum Gasteiger partial charge on any atom is -0.475 e. The molecule has 0 atom stereocenters. The second-order valence-corrected chi connectivity index (χ2v) is 5.81. The lowest BCUT2D eigenvalue weighted by atomic mass is 10.1. The lowest BCUT2D eigenvalue weighted by molar-refractivity contribution is -0.192. The van der Waals surface area contributed by atoms with Gasteiger partial charge >= 0.3 is 12.1 Å². The topological polar surface area (TPSA) is 86.6 Å². The van der Waals surface area contributed by atoms with Gasteiger partial charge in [-0.15, -0.1) is 0 Å². The Morgan fingerprint density at radius 2 is 1.80 bits per heavy atom. The molecule has 1 amide bonds. The van der Waals surface area contributed by atoms with Gasteiger partial charge in [-0.3, -0.25) is 4.79 Å². The molecule has 1 aliphatic rings. The molecule has 0 saturated heterocycles. The van der Waals surface area contributed by atoms with Gasteiger partial charge in [0.1, 0.15) is 6.33 Å². The van der Waals surface area contributed by atoms with Crippen molar-refractivity contribution in [3.05, 3.63) is 23.3 Å². The number of alkyl halides is 3. The van der Waals surface area contributed by atoms with E-state index in [2.05, 4.69) is 9.97 Å². The third-order valence-corrected chi connectivity index (χ3v) is 3.55. The predicted molar refractivity (Wildman–Crippen MR) is 83.0 cm³/mol. The lowest BCUT2D eigenvalue weighted by Gasteiger charge is -2.22. The van der Waals surface area contributed by atoms with Gasteiger partial charge in [0, 0.05) is 30.9 Å². The third kappa shape index (κ3) is 6.65.